The lowest BCUT2D eigenvalue weighted by Crippen LogP contribution is -2.49. The van der Waals surface area contributed by atoms with Gasteiger partial charge in [-0.1, -0.05) is 34.9 Å². The lowest BCUT2D eigenvalue weighted by atomic mass is 10.2. The van der Waals surface area contributed by atoms with Crippen LogP contribution in [0.1, 0.15) is 0 Å². The smallest absolute Gasteiger partial charge is 0.493 e. The Kier molecular flexibility index (Phi) is 5.76. The van der Waals surface area contributed by atoms with E-state index in [1.807, 2.05) is 6.07 Å². The summed E-state index contributed by atoms with van der Waals surface area (Å²) in [4.78, 5) is 12.9. The molecule has 162 valence electrons. The first-order valence-electron chi connectivity index (χ1n) is 9.89. The fourth-order valence-electron chi connectivity index (χ4n) is 3.57. The molecule has 32 heavy (non-hydrogen) atoms. The molecule has 0 saturated heterocycles. The molecule has 3 aromatic carbocycles. The lowest BCUT2D eigenvalue weighted by Gasteiger charge is -2.10. The van der Waals surface area contributed by atoms with E-state index in [-0.39, 0.29) is 24.3 Å². The van der Waals surface area contributed by atoms with Crippen molar-refractivity contribution >= 4 is 22.5 Å². The number of carbonyl (C=O) groups is 1. The average Bonchev–Trinajstić information content (AvgIpc) is 2.82. The Morgan fingerprint density at radius 3 is 2.31 bits per heavy atom. The maximum absolute atomic E-state index is 12.9. The third-order valence-electron chi connectivity index (χ3n) is 5.07. The van der Waals surface area contributed by atoms with Gasteiger partial charge in [-0.2, -0.15) is 0 Å². The number of nitrogens with one attached hydrogen (secondary N) is 1. The zero-order valence-corrected chi connectivity index (χ0v) is 17.6. The fourth-order valence-corrected chi connectivity index (χ4v) is 3.57. The molecule has 0 fully saturated rings. The van der Waals surface area contributed by atoms with E-state index in [4.69, 9.17) is 9.47 Å². The van der Waals surface area contributed by atoms with Gasteiger partial charge in [0.15, 0.2) is 16.9 Å². The van der Waals surface area contributed by atoms with Crippen LogP contribution in [-0.2, 0) is 11.3 Å². The van der Waals surface area contributed by atoms with E-state index in [0.717, 1.165) is 0 Å². The van der Waals surface area contributed by atoms with Gasteiger partial charge in [-0.3, -0.25) is 4.79 Å². The number of anilines is 1. The van der Waals surface area contributed by atoms with E-state index in [0.29, 0.717) is 33.8 Å². The summed E-state index contributed by atoms with van der Waals surface area (Å²) in [7, 11) is 3.05. The highest BCUT2D eigenvalue weighted by Gasteiger charge is 2.36. The Bertz CT molecular complexity index is 1290. The van der Waals surface area contributed by atoms with Gasteiger partial charge in [0.1, 0.15) is 0 Å². The molecule has 1 amide bonds. The van der Waals surface area contributed by atoms with Crippen LogP contribution >= 0.6 is 0 Å². The van der Waals surface area contributed by atoms with Crippen molar-refractivity contribution in [2.75, 3.05) is 19.5 Å². The summed E-state index contributed by atoms with van der Waals surface area (Å²) in [5.41, 5.74) is 1.59. The normalized spacial score (nSPS) is 10.7. The molecule has 3 N–H and O–H groups in total. The van der Waals surface area contributed by atoms with Gasteiger partial charge in [0.2, 0.25) is 17.7 Å². The van der Waals surface area contributed by atoms with Crippen LogP contribution in [0.3, 0.4) is 0 Å². The number of para-hydroxylation sites is 2. The molecule has 4 rings (SSSR count). The molecule has 0 atom stereocenters. The predicted octanol–water partition coefficient (Wildman–Crippen LogP) is 2.47. The van der Waals surface area contributed by atoms with E-state index in [2.05, 4.69) is 5.32 Å². The van der Waals surface area contributed by atoms with Crippen LogP contribution in [0.25, 0.3) is 16.6 Å². The maximum atomic E-state index is 12.9. The second-order valence-electron chi connectivity index (χ2n) is 7.02. The molecule has 8 nitrogen and oxygen atoms in total. The van der Waals surface area contributed by atoms with Gasteiger partial charge in [0, 0.05) is 30.0 Å². The Balaban J connectivity index is 1.74. The Morgan fingerprint density at radius 1 is 0.906 bits per heavy atom. The number of methoxy groups -OCH3 is 2. The van der Waals surface area contributed by atoms with Crippen LogP contribution in [0.4, 0.5) is 5.69 Å². The van der Waals surface area contributed by atoms with Crippen molar-refractivity contribution in [3.63, 3.8) is 0 Å². The van der Waals surface area contributed by atoms with Gasteiger partial charge < -0.3 is 25.0 Å². The standard InChI is InChI=1S/C24H21N3O5/c1-31-20-13-12-16(14-21(20)32-2)25-22(28)15-26-19-11-7-6-10-18(19)23(29)27(24(26)30)17-8-4-3-5-9-17/h3-14H,15H2,1-2H3,(H,25,28)/p+2. The number of nitrogens with zero attached hydrogens (tertiary/aromatic N) is 2. The van der Waals surface area contributed by atoms with Gasteiger partial charge in [0.25, 0.3) is 5.91 Å². The molecule has 0 aliphatic heterocycles. The molecule has 0 radical (unpaired) electrons. The number of aromatic hydroxyl groups is 2. The van der Waals surface area contributed by atoms with Crippen LogP contribution in [0.15, 0.2) is 72.8 Å². The van der Waals surface area contributed by atoms with Crippen LogP contribution in [0, 0.1) is 0 Å². The van der Waals surface area contributed by atoms with Crippen molar-refractivity contribution in [1.82, 2.24) is 0 Å². The second-order valence-corrected chi connectivity index (χ2v) is 7.02. The van der Waals surface area contributed by atoms with Crippen molar-refractivity contribution in [1.29, 1.82) is 0 Å². The largest absolute Gasteiger partial charge is 0.638 e. The van der Waals surface area contributed by atoms with E-state index in [9.17, 15) is 15.0 Å². The summed E-state index contributed by atoms with van der Waals surface area (Å²) in [6.07, 6.45) is 0. The van der Waals surface area contributed by atoms with Gasteiger partial charge in [0.05, 0.1) is 14.2 Å². The third-order valence-corrected chi connectivity index (χ3v) is 5.07. The average molecular weight is 433 g/mol. The first kappa shape index (κ1) is 20.9. The predicted molar refractivity (Wildman–Crippen MR) is 117 cm³/mol. The van der Waals surface area contributed by atoms with E-state index >= 15 is 0 Å². The van der Waals surface area contributed by atoms with Gasteiger partial charge >= 0.3 is 11.9 Å². The van der Waals surface area contributed by atoms with Crippen molar-refractivity contribution in [2.24, 2.45) is 0 Å². The number of amides is 1. The minimum atomic E-state index is -0.368. The molecule has 0 aliphatic rings. The number of hydrogen-bond donors (Lipinski definition) is 3. The highest BCUT2D eigenvalue weighted by Crippen LogP contribution is 2.29. The van der Waals surface area contributed by atoms with Gasteiger partial charge in [-0.25, -0.2) is 0 Å². The van der Waals surface area contributed by atoms with E-state index in [1.165, 1.54) is 23.4 Å². The Hall–Kier alpha value is -4.33. The number of hydrogen-bond acceptors (Lipinski definition) is 5. The number of benzene rings is 3. The zero-order valence-electron chi connectivity index (χ0n) is 17.6. The number of rotatable bonds is 6. The summed E-state index contributed by atoms with van der Waals surface area (Å²) in [6, 6.07) is 20.7. The highest BCUT2D eigenvalue weighted by atomic mass is 16.5. The summed E-state index contributed by atoms with van der Waals surface area (Å²) in [5.74, 6) is 0.539. The number of carbonyl (C=O) groups excluding carboxylic acids is 1. The molecular formula is C24H23N3O5+2. The van der Waals surface area contributed by atoms with E-state index in [1.54, 1.807) is 66.7 Å². The highest BCUT2D eigenvalue weighted by molar-refractivity contribution is 5.90. The third kappa shape index (κ3) is 3.85. The molecule has 0 bridgehead atoms. The number of ether oxygens (including phenoxy) is 2. The molecule has 0 saturated carbocycles. The summed E-state index contributed by atoms with van der Waals surface area (Å²) in [6.45, 7) is -0.187. The molecule has 4 aromatic rings. The van der Waals surface area contributed by atoms with Crippen molar-refractivity contribution in [2.45, 2.75) is 6.54 Å². The summed E-state index contributed by atoms with van der Waals surface area (Å²) < 4.78 is 13.2. The Morgan fingerprint density at radius 2 is 1.59 bits per heavy atom. The molecule has 0 aliphatic carbocycles. The first-order chi connectivity index (χ1) is 15.5. The molecule has 8 heteroatoms. The molecular weight excluding hydrogens is 410 g/mol. The van der Waals surface area contributed by atoms with Crippen LogP contribution in [-0.4, -0.2) is 30.3 Å². The maximum Gasteiger partial charge on any atom is 0.638 e. The fraction of sp³-hybridized carbons (Fsp3) is 0.125. The lowest BCUT2D eigenvalue weighted by molar-refractivity contribution is -0.774. The second kappa shape index (κ2) is 8.81. The summed E-state index contributed by atoms with van der Waals surface area (Å²) >= 11 is 0. The van der Waals surface area contributed by atoms with Crippen LogP contribution in [0.5, 0.6) is 23.4 Å². The van der Waals surface area contributed by atoms with Crippen molar-refractivity contribution in [3.8, 4) is 29.1 Å². The number of aromatic nitrogens is 2. The topological polar surface area (TPSA) is 95.8 Å². The zero-order chi connectivity index (χ0) is 22.7. The van der Waals surface area contributed by atoms with Crippen LogP contribution in [0.2, 0.25) is 0 Å². The van der Waals surface area contributed by atoms with Gasteiger partial charge in [-0.05, 0) is 22.8 Å². The van der Waals surface area contributed by atoms with Crippen LogP contribution < -0.4 is 23.9 Å². The molecule has 0 unspecified atom stereocenters. The quantitative estimate of drug-likeness (QED) is 0.406. The Labute approximate surface area is 184 Å². The molecule has 1 aromatic heterocycles. The first-order valence-corrected chi connectivity index (χ1v) is 9.89. The van der Waals surface area contributed by atoms with Crippen molar-refractivity contribution < 1.29 is 33.6 Å². The molecule has 1 heterocycles. The SMILES string of the molecule is COc1ccc(NC(=O)C[n+]2c(O)[n+](-c3ccccc3)c(O)c3ccccc32)cc1OC. The van der Waals surface area contributed by atoms with Gasteiger partial charge in [-0.15, -0.1) is 0 Å². The molecule has 0 spiro atoms. The minimum absolute atomic E-state index is 0.124. The summed E-state index contributed by atoms with van der Waals surface area (Å²) in [5, 5.41) is 25.2. The number of fused-ring (bicyclic) bond motifs is 1. The van der Waals surface area contributed by atoms with E-state index < -0.39 is 0 Å². The monoisotopic (exact) mass is 433 g/mol. The minimum Gasteiger partial charge on any atom is -0.493 e. The van der Waals surface area contributed by atoms with Crippen molar-refractivity contribution in [3.05, 3.63) is 72.8 Å².